The van der Waals surface area contributed by atoms with Crippen molar-refractivity contribution in [2.75, 3.05) is 0 Å². The van der Waals surface area contributed by atoms with Crippen LogP contribution in [-0.2, 0) is 6.54 Å². The first-order chi connectivity index (χ1) is 10.2. The second kappa shape index (κ2) is 6.75. The molecule has 3 rings (SSSR count). The van der Waals surface area contributed by atoms with Crippen LogP contribution in [0.2, 0.25) is 0 Å². The molecular weight excluding hydrogens is 326 g/mol. The van der Waals surface area contributed by atoms with E-state index in [2.05, 4.69) is 63.3 Å². The van der Waals surface area contributed by atoms with Crippen LogP contribution in [0.25, 0.3) is 0 Å². The lowest BCUT2D eigenvalue weighted by Gasteiger charge is -2.15. The second-order valence-corrected chi connectivity index (χ2v) is 6.70. The minimum Gasteiger partial charge on any atom is -0.304 e. The van der Waals surface area contributed by atoms with E-state index in [1.165, 1.54) is 31.2 Å². The van der Waals surface area contributed by atoms with Crippen molar-refractivity contribution in [3.05, 3.63) is 52.3 Å². The average Bonchev–Trinajstić information content (AvgIpc) is 3.16. The Morgan fingerprint density at radius 1 is 1.29 bits per heavy atom. The standard InChI is InChI=1S/C17H22BrN3/c1-13(16-8-4-5-9-17(16)18)19-12-14-10-11-21(20-14)15-6-2-3-7-15/h4-5,8-11,13,15,19H,2-3,6-7,12H2,1H3/t13-/m1/s1. The Bertz CT molecular complexity index is 587. The quantitative estimate of drug-likeness (QED) is 0.855. The van der Waals surface area contributed by atoms with Crippen molar-refractivity contribution in [3.63, 3.8) is 0 Å². The van der Waals surface area contributed by atoms with Crippen LogP contribution in [0.15, 0.2) is 41.0 Å². The Kier molecular flexibility index (Phi) is 4.76. The third-order valence-electron chi connectivity index (χ3n) is 4.32. The normalized spacial score (nSPS) is 17.2. The van der Waals surface area contributed by atoms with Gasteiger partial charge in [0.25, 0.3) is 0 Å². The van der Waals surface area contributed by atoms with E-state index in [0.717, 1.165) is 16.7 Å². The number of halogens is 1. The highest BCUT2D eigenvalue weighted by Gasteiger charge is 2.17. The van der Waals surface area contributed by atoms with Crippen molar-refractivity contribution in [1.29, 1.82) is 0 Å². The first-order valence-corrected chi connectivity index (χ1v) is 8.55. The van der Waals surface area contributed by atoms with Gasteiger partial charge in [-0.05, 0) is 37.5 Å². The first-order valence-electron chi connectivity index (χ1n) is 7.76. The van der Waals surface area contributed by atoms with Gasteiger partial charge in [0.1, 0.15) is 0 Å². The van der Waals surface area contributed by atoms with Crippen LogP contribution in [0.1, 0.15) is 55.9 Å². The predicted octanol–water partition coefficient (Wildman–Crippen LogP) is 4.61. The van der Waals surface area contributed by atoms with Crippen molar-refractivity contribution in [1.82, 2.24) is 15.1 Å². The molecule has 0 saturated heterocycles. The fraction of sp³-hybridized carbons (Fsp3) is 0.471. The zero-order chi connectivity index (χ0) is 14.7. The molecular formula is C17H22BrN3. The highest BCUT2D eigenvalue weighted by molar-refractivity contribution is 9.10. The summed E-state index contributed by atoms with van der Waals surface area (Å²) in [5.41, 5.74) is 2.41. The van der Waals surface area contributed by atoms with Gasteiger partial charge in [0.15, 0.2) is 0 Å². The maximum Gasteiger partial charge on any atom is 0.0762 e. The molecule has 1 aromatic carbocycles. The first kappa shape index (κ1) is 14.8. The molecule has 1 N–H and O–H groups in total. The summed E-state index contributed by atoms with van der Waals surface area (Å²) < 4.78 is 3.31. The van der Waals surface area contributed by atoms with Gasteiger partial charge in [-0.3, -0.25) is 4.68 Å². The third-order valence-corrected chi connectivity index (χ3v) is 5.05. The molecule has 1 aliphatic rings. The largest absolute Gasteiger partial charge is 0.304 e. The van der Waals surface area contributed by atoms with E-state index in [1.54, 1.807) is 0 Å². The van der Waals surface area contributed by atoms with Crippen LogP contribution >= 0.6 is 15.9 Å². The van der Waals surface area contributed by atoms with Crippen LogP contribution < -0.4 is 5.32 Å². The minimum atomic E-state index is 0.303. The van der Waals surface area contributed by atoms with Crippen LogP contribution in [0, 0.1) is 0 Å². The smallest absolute Gasteiger partial charge is 0.0762 e. The number of benzene rings is 1. The molecule has 0 radical (unpaired) electrons. The maximum atomic E-state index is 4.72. The second-order valence-electron chi connectivity index (χ2n) is 5.85. The van der Waals surface area contributed by atoms with Crippen molar-refractivity contribution in [3.8, 4) is 0 Å². The van der Waals surface area contributed by atoms with E-state index in [9.17, 15) is 0 Å². The highest BCUT2D eigenvalue weighted by Crippen LogP contribution is 2.28. The molecule has 0 amide bonds. The van der Waals surface area contributed by atoms with Crippen LogP contribution in [-0.4, -0.2) is 9.78 Å². The van der Waals surface area contributed by atoms with Gasteiger partial charge in [0.05, 0.1) is 11.7 Å². The molecule has 3 nitrogen and oxygen atoms in total. The minimum absolute atomic E-state index is 0.303. The molecule has 1 aliphatic carbocycles. The molecule has 0 unspecified atom stereocenters. The van der Waals surface area contributed by atoms with Crippen molar-refractivity contribution in [2.45, 2.75) is 51.2 Å². The summed E-state index contributed by atoms with van der Waals surface area (Å²) in [6.45, 7) is 3.00. The van der Waals surface area contributed by atoms with E-state index < -0.39 is 0 Å². The number of hydrogen-bond acceptors (Lipinski definition) is 2. The molecule has 1 aromatic heterocycles. The summed E-state index contributed by atoms with van der Waals surface area (Å²) in [7, 11) is 0. The highest BCUT2D eigenvalue weighted by atomic mass is 79.9. The van der Waals surface area contributed by atoms with Crippen LogP contribution in [0.5, 0.6) is 0 Å². The van der Waals surface area contributed by atoms with Gasteiger partial charge in [-0.2, -0.15) is 5.10 Å². The Morgan fingerprint density at radius 3 is 2.81 bits per heavy atom. The monoisotopic (exact) mass is 347 g/mol. The number of nitrogens with zero attached hydrogens (tertiary/aromatic N) is 2. The Morgan fingerprint density at radius 2 is 2.05 bits per heavy atom. The molecule has 112 valence electrons. The van der Waals surface area contributed by atoms with Crippen molar-refractivity contribution < 1.29 is 0 Å². The molecule has 2 aromatic rings. The van der Waals surface area contributed by atoms with Gasteiger partial charge in [-0.15, -0.1) is 0 Å². The molecule has 21 heavy (non-hydrogen) atoms. The summed E-state index contributed by atoms with van der Waals surface area (Å²) in [6.07, 6.45) is 7.38. The van der Waals surface area contributed by atoms with E-state index in [-0.39, 0.29) is 0 Å². The zero-order valence-corrected chi connectivity index (χ0v) is 14.0. The molecule has 1 fully saturated rings. The number of hydrogen-bond donors (Lipinski definition) is 1. The van der Waals surface area contributed by atoms with E-state index >= 15 is 0 Å². The lowest BCUT2D eigenvalue weighted by molar-refractivity contribution is 0.458. The van der Waals surface area contributed by atoms with Gasteiger partial charge in [0, 0.05) is 23.3 Å². The molecule has 0 spiro atoms. The Hall–Kier alpha value is -1.13. The van der Waals surface area contributed by atoms with E-state index in [4.69, 9.17) is 5.10 Å². The average molecular weight is 348 g/mol. The van der Waals surface area contributed by atoms with Crippen molar-refractivity contribution >= 4 is 15.9 Å². The predicted molar refractivity (Wildman–Crippen MR) is 89.1 cm³/mol. The van der Waals surface area contributed by atoms with Crippen LogP contribution in [0.4, 0.5) is 0 Å². The molecule has 4 heteroatoms. The summed E-state index contributed by atoms with van der Waals surface area (Å²) in [4.78, 5) is 0. The number of aromatic nitrogens is 2. The van der Waals surface area contributed by atoms with Gasteiger partial charge >= 0.3 is 0 Å². The SMILES string of the molecule is C[C@@H](NCc1ccn(C2CCCC2)n1)c1ccccc1Br. The fourth-order valence-corrected chi connectivity index (χ4v) is 3.67. The fourth-order valence-electron chi connectivity index (χ4n) is 3.04. The number of rotatable bonds is 5. The van der Waals surface area contributed by atoms with Gasteiger partial charge in [-0.25, -0.2) is 0 Å². The number of nitrogens with one attached hydrogen (secondary N) is 1. The summed E-state index contributed by atoms with van der Waals surface area (Å²) >= 11 is 3.61. The molecule has 1 heterocycles. The lowest BCUT2D eigenvalue weighted by atomic mass is 10.1. The maximum absolute atomic E-state index is 4.72. The van der Waals surface area contributed by atoms with Crippen LogP contribution in [0.3, 0.4) is 0 Å². The topological polar surface area (TPSA) is 29.9 Å². The summed E-state index contributed by atoms with van der Waals surface area (Å²) in [5.74, 6) is 0. The molecule has 0 aliphatic heterocycles. The summed E-state index contributed by atoms with van der Waals surface area (Å²) in [6, 6.07) is 11.4. The lowest BCUT2D eigenvalue weighted by Crippen LogP contribution is -2.19. The Labute approximate surface area is 134 Å². The molecule has 1 saturated carbocycles. The summed E-state index contributed by atoms with van der Waals surface area (Å²) in [5, 5.41) is 8.28. The van der Waals surface area contributed by atoms with Gasteiger partial charge in [-0.1, -0.05) is 47.0 Å². The molecule has 1 atom stereocenters. The van der Waals surface area contributed by atoms with Gasteiger partial charge in [0.2, 0.25) is 0 Å². The third kappa shape index (κ3) is 3.55. The molecule has 0 bridgehead atoms. The van der Waals surface area contributed by atoms with Gasteiger partial charge < -0.3 is 5.32 Å². The Balaban J connectivity index is 1.59. The zero-order valence-electron chi connectivity index (χ0n) is 12.4. The van der Waals surface area contributed by atoms with E-state index in [1.807, 2.05) is 6.07 Å². The van der Waals surface area contributed by atoms with E-state index in [0.29, 0.717) is 12.1 Å². The van der Waals surface area contributed by atoms with Crippen molar-refractivity contribution in [2.24, 2.45) is 0 Å².